The number of fused-ring (bicyclic) bond motifs is 1. The predicted octanol–water partition coefficient (Wildman–Crippen LogP) is 4.07. The highest BCUT2D eigenvalue weighted by Gasteiger charge is 2.34. The standard InChI is InChI=1S/C21H26N2O3S/c1-5-26-13-17-15(4)20-18(11-14(3)12-22-20)23-21(17)16-9-7-8-10-19(16)27(24,25)6-2/h7-12,15,17H,5-6,13H2,1-4H3. The maximum atomic E-state index is 12.7. The maximum Gasteiger partial charge on any atom is 0.178 e. The molecule has 2 atom stereocenters. The fourth-order valence-corrected chi connectivity index (χ4v) is 4.58. The van der Waals surface area contributed by atoms with E-state index in [1.165, 1.54) is 0 Å². The Morgan fingerprint density at radius 3 is 2.63 bits per heavy atom. The summed E-state index contributed by atoms with van der Waals surface area (Å²) in [6.45, 7) is 8.78. The van der Waals surface area contributed by atoms with Crippen molar-refractivity contribution in [1.29, 1.82) is 0 Å². The van der Waals surface area contributed by atoms with E-state index >= 15 is 0 Å². The summed E-state index contributed by atoms with van der Waals surface area (Å²) in [5.74, 6) is 0.0816. The Bertz CT molecular complexity index is 967. The van der Waals surface area contributed by atoms with Crippen LogP contribution in [0.4, 0.5) is 5.69 Å². The fourth-order valence-electron chi connectivity index (χ4n) is 3.48. The van der Waals surface area contributed by atoms with Crippen LogP contribution < -0.4 is 0 Å². The lowest BCUT2D eigenvalue weighted by Gasteiger charge is -2.31. The number of nitrogens with zero attached hydrogens (tertiary/aromatic N) is 2. The summed E-state index contributed by atoms with van der Waals surface area (Å²) in [6, 6.07) is 9.14. The zero-order valence-corrected chi connectivity index (χ0v) is 17.1. The van der Waals surface area contributed by atoms with Crippen LogP contribution in [0, 0.1) is 12.8 Å². The number of sulfone groups is 1. The summed E-state index contributed by atoms with van der Waals surface area (Å²) in [5, 5.41) is 0. The van der Waals surface area contributed by atoms with Gasteiger partial charge >= 0.3 is 0 Å². The molecule has 0 fully saturated rings. The monoisotopic (exact) mass is 386 g/mol. The Morgan fingerprint density at radius 2 is 1.93 bits per heavy atom. The summed E-state index contributed by atoms with van der Waals surface area (Å²) >= 11 is 0. The third-order valence-electron chi connectivity index (χ3n) is 5.04. The number of aliphatic imine (C=N–C) groups is 1. The van der Waals surface area contributed by atoms with Crippen LogP contribution in [0.25, 0.3) is 0 Å². The molecule has 144 valence electrons. The molecule has 1 aromatic carbocycles. The Hall–Kier alpha value is -2.05. The summed E-state index contributed by atoms with van der Waals surface area (Å²) in [6.07, 6.45) is 1.85. The zero-order valence-electron chi connectivity index (χ0n) is 16.3. The third kappa shape index (κ3) is 3.82. The van der Waals surface area contributed by atoms with Gasteiger partial charge in [0.25, 0.3) is 0 Å². The molecule has 5 nitrogen and oxygen atoms in total. The van der Waals surface area contributed by atoms with Crippen LogP contribution in [-0.4, -0.2) is 38.1 Å². The van der Waals surface area contributed by atoms with Crippen LogP contribution in [-0.2, 0) is 14.6 Å². The van der Waals surface area contributed by atoms with Gasteiger partial charge in [0, 0.05) is 30.2 Å². The average molecular weight is 387 g/mol. The molecule has 0 radical (unpaired) electrons. The maximum absolute atomic E-state index is 12.7. The van der Waals surface area contributed by atoms with Crippen LogP contribution in [0.5, 0.6) is 0 Å². The molecule has 2 heterocycles. The van der Waals surface area contributed by atoms with E-state index < -0.39 is 9.84 Å². The van der Waals surface area contributed by atoms with Crippen molar-refractivity contribution >= 4 is 21.2 Å². The highest BCUT2D eigenvalue weighted by Crippen LogP contribution is 2.39. The lowest BCUT2D eigenvalue weighted by atomic mass is 9.81. The van der Waals surface area contributed by atoms with Gasteiger partial charge in [0.05, 0.1) is 34.3 Å². The van der Waals surface area contributed by atoms with E-state index in [4.69, 9.17) is 9.73 Å². The van der Waals surface area contributed by atoms with Gasteiger partial charge in [0.2, 0.25) is 0 Å². The van der Waals surface area contributed by atoms with Crippen LogP contribution in [0.1, 0.15) is 43.5 Å². The van der Waals surface area contributed by atoms with Gasteiger partial charge < -0.3 is 4.74 Å². The summed E-state index contributed by atoms with van der Waals surface area (Å²) in [4.78, 5) is 9.81. The molecule has 2 aromatic rings. The van der Waals surface area contributed by atoms with E-state index in [9.17, 15) is 8.42 Å². The number of aryl methyl sites for hydroxylation is 1. The minimum atomic E-state index is -3.36. The quantitative estimate of drug-likeness (QED) is 0.750. The number of ether oxygens (including phenoxy) is 1. The minimum absolute atomic E-state index is 0.0548. The third-order valence-corrected chi connectivity index (χ3v) is 6.83. The first kappa shape index (κ1) is 19.7. The van der Waals surface area contributed by atoms with Gasteiger partial charge in [-0.3, -0.25) is 9.98 Å². The Balaban J connectivity index is 2.22. The minimum Gasteiger partial charge on any atom is -0.381 e. The molecule has 0 amide bonds. The predicted molar refractivity (Wildman–Crippen MR) is 108 cm³/mol. The summed E-state index contributed by atoms with van der Waals surface area (Å²) in [5.41, 5.74) is 4.21. The number of aromatic nitrogens is 1. The molecule has 0 saturated carbocycles. The van der Waals surface area contributed by atoms with Gasteiger partial charge in [-0.2, -0.15) is 0 Å². The summed E-state index contributed by atoms with van der Waals surface area (Å²) in [7, 11) is -3.36. The fraction of sp³-hybridized carbons (Fsp3) is 0.429. The SMILES string of the molecule is CCOCC1C(c2ccccc2S(=O)(=O)CC)=Nc2cc(C)cnc2C1C. The van der Waals surface area contributed by atoms with Crippen LogP contribution in [0.3, 0.4) is 0 Å². The Labute approximate surface area is 161 Å². The molecule has 27 heavy (non-hydrogen) atoms. The number of hydrogen-bond donors (Lipinski definition) is 0. The van der Waals surface area contributed by atoms with Crippen molar-refractivity contribution in [2.45, 2.75) is 38.5 Å². The van der Waals surface area contributed by atoms with Gasteiger partial charge in [-0.15, -0.1) is 0 Å². The van der Waals surface area contributed by atoms with Crippen molar-refractivity contribution in [2.75, 3.05) is 19.0 Å². The zero-order chi connectivity index (χ0) is 19.6. The van der Waals surface area contributed by atoms with Crippen molar-refractivity contribution in [2.24, 2.45) is 10.9 Å². The topological polar surface area (TPSA) is 68.6 Å². The smallest absolute Gasteiger partial charge is 0.178 e. The highest BCUT2D eigenvalue weighted by atomic mass is 32.2. The van der Waals surface area contributed by atoms with E-state index in [1.807, 2.05) is 38.2 Å². The van der Waals surface area contributed by atoms with Crippen LogP contribution in [0.15, 0.2) is 46.4 Å². The van der Waals surface area contributed by atoms with E-state index in [-0.39, 0.29) is 17.6 Å². The molecular weight excluding hydrogens is 360 g/mol. The van der Waals surface area contributed by atoms with E-state index in [2.05, 4.69) is 11.9 Å². The molecular formula is C21H26N2O3S. The lowest BCUT2D eigenvalue weighted by molar-refractivity contribution is 0.122. The molecule has 1 aromatic heterocycles. The lowest BCUT2D eigenvalue weighted by Crippen LogP contribution is -2.31. The molecule has 2 unspecified atom stereocenters. The molecule has 3 rings (SSSR count). The van der Waals surface area contributed by atoms with E-state index in [0.717, 1.165) is 22.7 Å². The van der Waals surface area contributed by atoms with Gasteiger partial charge in [0.15, 0.2) is 9.84 Å². The molecule has 0 spiro atoms. The van der Waals surface area contributed by atoms with E-state index in [0.29, 0.717) is 23.7 Å². The summed E-state index contributed by atoms with van der Waals surface area (Å²) < 4.78 is 31.1. The van der Waals surface area contributed by atoms with Crippen LogP contribution in [0.2, 0.25) is 0 Å². The first-order valence-corrected chi connectivity index (χ1v) is 11.0. The normalized spacial score (nSPS) is 19.5. The van der Waals surface area contributed by atoms with Crippen molar-refractivity contribution in [1.82, 2.24) is 4.98 Å². The highest BCUT2D eigenvalue weighted by molar-refractivity contribution is 7.91. The largest absolute Gasteiger partial charge is 0.381 e. The molecule has 1 aliphatic heterocycles. The molecule has 0 aliphatic carbocycles. The second-order valence-electron chi connectivity index (χ2n) is 6.87. The van der Waals surface area contributed by atoms with Crippen molar-refractivity contribution in [3.63, 3.8) is 0 Å². The number of benzene rings is 1. The first-order chi connectivity index (χ1) is 12.9. The Morgan fingerprint density at radius 1 is 1.19 bits per heavy atom. The second kappa shape index (κ2) is 7.90. The van der Waals surface area contributed by atoms with Crippen LogP contribution >= 0.6 is 0 Å². The van der Waals surface area contributed by atoms with Gasteiger partial charge in [0.1, 0.15) is 0 Å². The van der Waals surface area contributed by atoms with Gasteiger partial charge in [-0.1, -0.05) is 32.0 Å². The number of hydrogen-bond acceptors (Lipinski definition) is 5. The van der Waals surface area contributed by atoms with Crippen molar-refractivity contribution in [3.8, 4) is 0 Å². The molecule has 0 N–H and O–H groups in total. The van der Waals surface area contributed by atoms with Gasteiger partial charge in [-0.25, -0.2) is 8.42 Å². The number of rotatable bonds is 6. The first-order valence-electron chi connectivity index (χ1n) is 9.34. The number of pyridine rings is 1. The molecule has 6 heteroatoms. The van der Waals surface area contributed by atoms with E-state index in [1.54, 1.807) is 19.1 Å². The molecule has 1 aliphatic rings. The van der Waals surface area contributed by atoms with Gasteiger partial charge in [-0.05, 0) is 31.5 Å². The Kier molecular flexibility index (Phi) is 5.77. The second-order valence-corrected chi connectivity index (χ2v) is 9.11. The van der Waals surface area contributed by atoms with Crippen molar-refractivity contribution < 1.29 is 13.2 Å². The average Bonchev–Trinajstić information content (AvgIpc) is 2.67. The van der Waals surface area contributed by atoms with Crippen molar-refractivity contribution in [3.05, 3.63) is 53.3 Å². The molecule has 0 saturated heterocycles. The molecule has 0 bridgehead atoms.